The molecule has 0 spiro atoms. The Bertz CT molecular complexity index is 1580. The summed E-state index contributed by atoms with van der Waals surface area (Å²) >= 11 is 0. The second-order valence-electron chi connectivity index (χ2n) is 12.0. The minimum Gasteiger partial charge on any atom is -0.444 e. The predicted molar refractivity (Wildman–Crippen MR) is 151 cm³/mol. The van der Waals surface area contributed by atoms with Crippen molar-refractivity contribution in [2.75, 3.05) is 11.9 Å². The van der Waals surface area contributed by atoms with Gasteiger partial charge in [-0.1, -0.05) is 12.5 Å². The number of nitrogens with one attached hydrogen (secondary N) is 1. The van der Waals surface area contributed by atoms with Gasteiger partial charge in [0.05, 0.1) is 36.1 Å². The SMILES string of the molecule is CC(C)(C)OC(=O)N(Cc1ccc2nc(Cn3ccc4c(NC5CC5)cncc4c3=O)cn2c1)CC1CCC1. The summed E-state index contributed by atoms with van der Waals surface area (Å²) in [5.41, 5.74) is 2.87. The standard InChI is InChI=1S/C30H36N6O3/c1-30(2,3)39-29(38)36(15-20-5-4-6-20)17-21-7-10-27-33-23(19-35(27)16-21)18-34-12-11-24-25(28(34)37)13-31-14-26(24)32-22-8-9-22/h7,10-14,16,19-20,22,32H,4-6,8-9,15,17-18H2,1-3H3. The molecule has 9 heteroatoms. The zero-order valence-electron chi connectivity index (χ0n) is 22.9. The van der Waals surface area contributed by atoms with Crippen LogP contribution >= 0.6 is 0 Å². The number of anilines is 1. The minimum atomic E-state index is -0.537. The Hall–Kier alpha value is -3.88. The lowest BCUT2D eigenvalue weighted by atomic mass is 9.85. The van der Waals surface area contributed by atoms with E-state index in [1.165, 1.54) is 6.42 Å². The number of amides is 1. The van der Waals surface area contributed by atoms with Gasteiger partial charge in [-0.3, -0.25) is 9.78 Å². The third-order valence-corrected chi connectivity index (χ3v) is 7.46. The van der Waals surface area contributed by atoms with Crippen LogP contribution in [0.25, 0.3) is 16.4 Å². The first-order valence-electron chi connectivity index (χ1n) is 13.9. The van der Waals surface area contributed by atoms with Gasteiger partial charge in [-0.2, -0.15) is 0 Å². The van der Waals surface area contributed by atoms with Gasteiger partial charge in [0.15, 0.2) is 0 Å². The van der Waals surface area contributed by atoms with E-state index in [0.717, 1.165) is 53.7 Å². The van der Waals surface area contributed by atoms with E-state index in [4.69, 9.17) is 9.72 Å². The lowest BCUT2D eigenvalue weighted by molar-refractivity contribution is 0.0173. The van der Waals surface area contributed by atoms with Crippen molar-refractivity contribution in [2.45, 2.75) is 77.6 Å². The highest BCUT2D eigenvalue weighted by molar-refractivity contribution is 5.92. The van der Waals surface area contributed by atoms with Crippen LogP contribution in [0.2, 0.25) is 0 Å². The molecule has 2 fully saturated rings. The Morgan fingerprint density at radius 3 is 2.64 bits per heavy atom. The zero-order valence-corrected chi connectivity index (χ0v) is 22.9. The molecular formula is C30H36N6O3. The monoisotopic (exact) mass is 528 g/mol. The number of aromatic nitrogens is 4. The van der Waals surface area contributed by atoms with Gasteiger partial charge >= 0.3 is 6.09 Å². The third kappa shape index (κ3) is 5.77. The maximum atomic E-state index is 13.3. The summed E-state index contributed by atoms with van der Waals surface area (Å²) in [6.07, 6.45) is 14.8. The van der Waals surface area contributed by atoms with Crippen LogP contribution < -0.4 is 10.9 Å². The normalized spacial score (nSPS) is 15.9. The van der Waals surface area contributed by atoms with Crippen LogP contribution in [0.5, 0.6) is 0 Å². The number of hydrogen-bond acceptors (Lipinski definition) is 6. The molecule has 0 aliphatic heterocycles. The summed E-state index contributed by atoms with van der Waals surface area (Å²) < 4.78 is 9.34. The molecule has 0 aromatic carbocycles. The molecule has 204 valence electrons. The summed E-state index contributed by atoms with van der Waals surface area (Å²) in [6, 6.07) is 6.42. The van der Waals surface area contributed by atoms with E-state index in [1.54, 1.807) is 17.0 Å². The fourth-order valence-electron chi connectivity index (χ4n) is 5.07. The number of rotatable bonds is 8. The third-order valence-electron chi connectivity index (χ3n) is 7.46. The van der Waals surface area contributed by atoms with Gasteiger partial charge in [-0.25, -0.2) is 9.78 Å². The van der Waals surface area contributed by atoms with E-state index in [1.807, 2.05) is 66.9 Å². The van der Waals surface area contributed by atoms with E-state index in [9.17, 15) is 9.59 Å². The van der Waals surface area contributed by atoms with Crippen molar-refractivity contribution in [3.05, 3.63) is 70.8 Å². The lowest BCUT2D eigenvalue weighted by Crippen LogP contribution is -2.40. The minimum absolute atomic E-state index is 0.0822. The number of carbonyl (C=O) groups excluding carboxylic acids is 1. The maximum absolute atomic E-state index is 13.3. The van der Waals surface area contributed by atoms with Crippen molar-refractivity contribution in [3.8, 4) is 0 Å². The molecule has 0 saturated heterocycles. The zero-order chi connectivity index (χ0) is 27.1. The van der Waals surface area contributed by atoms with E-state index in [0.29, 0.717) is 37.0 Å². The highest BCUT2D eigenvalue weighted by Gasteiger charge is 2.27. The van der Waals surface area contributed by atoms with Gasteiger partial charge in [0.1, 0.15) is 11.2 Å². The predicted octanol–water partition coefficient (Wildman–Crippen LogP) is 5.20. The molecule has 4 aromatic rings. The number of carbonyl (C=O) groups is 1. The molecule has 6 rings (SSSR count). The number of fused-ring (bicyclic) bond motifs is 2. The largest absolute Gasteiger partial charge is 0.444 e. The highest BCUT2D eigenvalue weighted by Crippen LogP contribution is 2.29. The van der Waals surface area contributed by atoms with Gasteiger partial charge in [0.25, 0.3) is 5.56 Å². The quantitative estimate of drug-likeness (QED) is 0.338. The van der Waals surface area contributed by atoms with Crippen molar-refractivity contribution >= 4 is 28.2 Å². The number of nitrogens with zero attached hydrogens (tertiary/aromatic N) is 5. The van der Waals surface area contributed by atoms with Crippen LogP contribution in [0, 0.1) is 5.92 Å². The molecular weight excluding hydrogens is 492 g/mol. The first kappa shape index (κ1) is 25.4. The van der Waals surface area contributed by atoms with Gasteiger partial charge in [-0.15, -0.1) is 0 Å². The highest BCUT2D eigenvalue weighted by atomic mass is 16.6. The lowest BCUT2D eigenvalue weighted by Gasteiger charge is -2.33. The van der Waals surface area contributed by atoms with E-state index in [2.05, 4.69) is 10.3 Å². The summed E-state index contributed by atoms with van der Waals surface area (Å²) in [6.45, 7) is 7.23. The van der Waals surface area contributed by atoms with Crippen LogP contribution in [0.4, 0.5) is 10.5 Å². The molecule has 0 bridgehead atoms. The average molecular weight is 529 g/mol. The molecule has 0 unspecified atom stereocenters. The Kier molecular flexibility index (Phi) is 6.53. The molecule has 39 heavy (non-hydrogen) atoms. The number of ether oxygens (including phenoxy) is 1. The first-order valence-corrected chi connectivity index (χ1v) is 13.9. The fraction of sp³-hybridized carbons (Fsp3) is 0.467. The van der Waals surface area contributed by atoms with Crippen molar-refractivity contribution in [2.24, 2.45) is 5.92 Å². The van der Waals surface area contributed by atoms with Crippen molar-refractivity contribution in [1.82, 2.24) is 23.8 Å². The van der Waals surface area contributed by atoms with Crippen molar-refractivity contribution in [1.29, 1.82) is 0 Å². The molecule has 2 aliphatic carbocycles. The van der Waals surface area contributed by atoms with Gasteiger partial charge in [-0.05, 0) is 70.1 Å². The van der Waals surface area contributed by atoms with Gasteiger partial charge in [0, 0.05) is 42.8 Å². The fourth-order valence-corrected chi connectivity index (χ4v) is 5.07. The van der Waals surface area contributed by atoms with E-state index in [-0.39, 0.29) is 11.7 Å². The molecule has 2 saturated carbocycles. The van der Waals surface area contributed by atoms with Crippen LogP contribution in [0.1, 0.15) is 64.1 Å². The Labute approximate surface area is 227 Å². The smallest absolute Gasteiger partial charge is 0.410 e. The first-order chi connectivity index (χ1) is 18.7. The second kappa shape index (κ2) is 10.0. The molecule has 4 heterocycles. The van der Waals surface area contributed by atoms with Crippen molar-refractivity contribution in [3.63, 3.8) is 0 Å². The Morgan fingerprint density at radius 1 is 1.10 bits per heavy atom. The van der Waals surface area contributed by atoms with Crippen LogP contribution in [-0.4, -0.2) is 48.1 Å². The van der Waals surface area contributed by atoms with Crippen LogP contribution in [-0.2, 0) is 17.8 Å². The summed E-state index contributed by atoms with van der Waals surface area (Å²) in [5.74, 6) is 0.539. The van der Waals surface area contributed by atoms with Crippen LogP contribution in [0.15, 0.2) is 54.0 Å². The Morgan fingerprint density at radius 2 is 1.92 bits per heavy atom. The maximum Gasteiger partial charge on any atom is 0.410 e. The summed E-state index contributed by atoms with van der Waals surface area (Å²) in [4.78, 5) is 37.1. The Balaban J connectivity index is 1.21. The summed E-state index contributed by atoms with van der Waals surface area (Å²) in [7, 11) is 0. The molecule has 0 radical (unpaired) electrons. The van der Waals surface area contributed by atoms with Crippen LogP contribution in [0.3, 0.4) is 0 Å². The van der Waals surface area contributed by atoms with E-state index < -0.39 is 5.60 Å². The molecule has 4 aromatic heterocycles. The average Bonchev–Trinajstić information content (AvgIpc) is 3.58. The molecule has 1 N–H and O–H groups in total. The van der Waals surface area contributed by atoms with Crippen molar-refractivity contribution < 1.29 is 9.53 Å². The molecule has 0 atom stereocenters. The second-order valence-corrected chi connectivity index (χ2v) is 12.0. The topological polar surface area (TPSA) is 93.8 Å². The molecule has 2 aliphatic rings. The number of hydrogen-bond donors (Lipinski definition) is 1. The molecule has 9 nitrogen and oxygen atoms in total. The van der Waals surface area contributed by atoms with Gasteiger partial charge in [0.2, 0.25) is 0 Å². The number of imidazole rings is 1. The number of pyridine rings is 3. The summed E-state index contributed by atoms with van der Waals surface area (Å²) in [5, 5.41) is 4.96. The molecule has 1 amide bonds. The van der Waals surface area contributed by atoms with Gasteiger partial charge < -0.3 is 23.9 Å². The van der Waals surface area contributed by atoms with E-state index >= 15 is 0 Å².